The number of guanidine groups is 1. The molecule has 0 atom stereocenters. The van der Waals surface area contributed by atoms with Crippen molar-refractivity contribution >= 4 is 5.96 Å². The number of hydrogen-bond acceptors (Lipinski definition) is 3. The lowest BCUT2D eigenvalue weighted by atomic mass is 10.1. The quantitative estimate of drug-likeness (QED) is 0.593. The van der Waals surface area contributed by atoms with Crippen molar-refractivity contribution in [2.75, 3.05) is 33.3 Å². The zero-order chi connectivity index (χ0) is 17.9. The Morgan fingerprint density at radius 3 is 2.76 bits per heavy atom. The molecule has 2 aromatic rings. The van der Waals surface area contributed by atoms with Gasteiger partial charge in [-0.15, -0.1) is 0 Å². The van der Waals surface area contributed by atoms with E-state index in [1.165, 1.54) is 11.1 Å². The minimum absolute atomic E-state index is 0.619. The summed E-state index contributed by atoms with van der Waals surface area (Å²) in [6, 6.07) is 11.9. The molecular formula is C20H28N4O. The van der Waals surface area contributed by atoms with Crippen molar-refractivity contribution in [1.29, 1.82) is 0 Å². The number of aliphatic imine (C=N–C) groups is 1. The van der Waals surface area contributed by atoms with Gasteiger partial charge in [-0.1, -0.05) is 18.2 Å². The molecule has 134 valence electrons. The van der Waals surface area contributed by atoms with Crippen molar-refractivity contribution in [3.05, 3.63) is 59.9 Å². The number of hydrogen-bond donors (Lipinski definition) is 1. The Hall–Kier alpha value is -2.56. The molecule has 0 bridgehead atoms. The van der Waals surface area contributed by atoms with Gasteiger partial charge in [0.1, 0.15) is 12.4 Å². The largest absolute Gasteiger partial charge is 0.492 e. The van der Waals surface area contributed by atoms with Crippen LogP contribution in [-0.2, 0) is 6.42 Å². The highest BCUT2D eigenvalue weighted by atomic mass is 16.5. The third-order valence-electron chi connectivity index (χ3n) is 3.91. The molecule has 25 heavy (non-hydrogen) atoms. The van der Waals surface area contributed by atoms with Crippen LogP contribution in [0.2, 0.25) is 0 Å². The third kappa shape index (κ3) is 6.45. The standard InChI is InChI=1S/C20H28N4O/c1-4-22-20(23-13-11-18-10-12-21-16-17(18)2)24(3)14-15-25-19-8-6-5-7-9-19/h5-10,12,16H,4,11,13-15H2,1-3H3,(H,22,23). The van der Waals surface area contributed by atoms with E-state index in [4.69, 9.17) is 9.73 Å². The van der Waals surface area contributed by atoms with Crippen LogP contribution in [0.3, 0.4) is 0 Å². The first-order valence-electron chi connectivity index (χ1n) is 8.77. The molecule has 5 nitrogen and oxygen atoms in total. The maximum atomic E-state index is 5.76. The van der Waals surface area contributed by atoms with E-state index in [-0.39, 0.29) is 0 Å². The summed E-state index contributed by atoms with van der Waals surface area (Å²) in [4.78, 5) is 11.0. The maximum absolute atomic E-state index is 5.76. The second-order valence-electron chi connectivity index (χ2n) is 5.87. The van der Waals surface area contributed by atoms with Crippen LogP contribution in [0.15, 0.2) is 53.8 Å². The average Bonchev–Trinajstić information content (AvgIpc) is 2.63. The van der Waals surface area contributed by atoms with E-state index < -0.39 is 0 Å². The molecule has 5 heteroatoms. The van der Waals surface area contributed by atoms with Crippen molar-refractivity contribution in [1.82, 2.24) is 15.2 Å². The summed E-state index contributed by atoms with van der Waals surface area (Å²) < 4.78 is 5.76. The molecule has 1 N–H and O–H groups in total. The molecule has 1 aromatic heterocycles. The normalized spacial score (nSPS) is 11.2. The smallest absolute Gasteiger partial charge is 0.193 e. The van der Waals surface area contributed by atoms with E-state index in [9.17, 15) is 0 Å². The Labute approximate surface area is 150 Å². The van der Waals surface area contributed by atoms with Crippen molar-refractivity contribution < 1.29 is 4.74 Å². The fraction of sp³-hybridized carbons (Fsp3) is 0.400. The molecular weight excluding hydrogens is 312 g/mol. The Morgan fingerprint density at radius 1 is 1.24 bits per heavy atom. The lowest BCUT2D eigenvalue weighted by Crippen LogP contribution is -2.41. The zero-order valence-corrected chi connectivity index (χ0v) is 15.4. The van der Waals surface area contributed by atoms with Crippen molar-refractivity contribution in [3.63, 3.8) is 0 Å². The fourth-order valence-corrected chi connectivity index (χ4v) is 2.46. The van der Waals surface area contributed by atoms with Gasteiger partial charge in [-0.2, -0.15) is 0 Å². The number of para-hydroxylation sites is 1. The molecule has 0 unspecified atom stereocenters. The average molecular weight is 340 g/mol. The van der Waals surface area contributed by atoms with Gasteiger partial charge in [-0.3, -0.25) is 9.98 Å². The van der Waals surface area contributed by atoms with Crippen LogP contribution >= 0.6 is 0 Å². The molecule has 0 fully saturated rings. The van der Waals surface area contributed by atoms with E-state index in [0.29, 0.717) is 6.61 Å². The molecule has 0 amide bonds. The highest BCUT2D eigenvalue weighted by Crippen LogP contribution is 2.08. The number of ether oxygens (including phenoxy) is 1. The topological polar surface area (TPSA) is 49.8 Å². The van der Waals surface area contributed by atoms with Gasteiger partial charge in [0.2, 0.25) is 0 Å². The van der Waals surface area contributed by atoms with Crippen LogP contribution in [0.5, 0.6) is 5.75 Å². The zero-order valence-electron chi connectivity index (χ0n) is 15.4. The van der Waals surface area contributed by atoms with Gasteiger partial charge in [0.05, 0.1) is 6.54 Å². The van der Waals surface area contributed by atoms with Crippen molar-refractivity contribution in [2.45, 2.75) is 20.3 Å². The highest BCUT2D eigenvalue weighted by Gasteiger charge is 2.06. The molecule has 0 spiro atoms. The van der Waals surface area contributed by atoms with E-state index in [1.807, 2.05) is 49.8 Å². The van der Waals surface area contributed by atoms with E-state index in [2.05, 4.69) is 35.1 Å². The van der Waals surface area contributed by atoms with Gasteiger partial charge in [0, 0.05) is 32.5 Å². The first-order chi connectivity index (χ1) is 12.2. The van der Waals surface area contributed by atoms with Crippen molar-refractivity contribution in [3.8, 4) is 5.75 Å². The molecule has 0 radical (unpaired) electrons. The monoisotopic (exact) mass is 340 g/mol. The number of aryl methyl sites for hydroxylation is 1. The van der Waals surface area contributed by atoms with Gasteiger partial charge in [-0.05, 0) is 49.6 Å². The maximum Gasteiger partial charge on any atom is 0.193 e. The second-order valence-corrected chi connectivity index (χ2v) is 5.87. The predicted octanol–water partition coefficient (Wildman–Crippen LogP) is 2.91. The number of nitrogens with one attached hydrogen (secondary N) is 1. The molecule has 1 heterocycles. The lowest BCUT2D eigenvalue weighted by Gasteiger charge is -2.22. The number of rotatable bonds is 8. The van der Waals surface area contributed by atoms with Gasteiger partial charge >= 0.3 is 0 Å². The van der Waals surface area contributed by atoms with Crippen LogP contribution in [0, 0.1) is 6.92 Å². The van der Waals surface area contributed by atoms with Crippen LogP contribution in [0.1, 0.15) is 18.1 Å². The first-order valence-corrected chi connectivity index (χ1v) is 8.77. The Kier molecular flexibility index (Phi) is 7.76. The second kappa shape index (κ2) is 10.3. The van der Waals surface area contributed by atoms with Crippen LogP contribution < -0.4 is 10.1 Å². The minimum atomic E-state index is 0.619. The summed E-state index contributed by atoms with van der Waals surface area (Å²) in [5.74, 6) is 1.80. The molecule has 0 saturated carbocycles. The highest BCUT2D eigenvalue weighted by molar-refractivity contribution is 5.79. The predicted molar refractivity (Wildman–Crippen MR) is 103 cm³/mol. The van der Waals surface area contributed by atoms with E-state index >= 15 is 0 Å². The summed E-state index contributed by atoms with van der Waals surface area (Å²) in [7, 11) is 2.04. The SMILES string of the molecule is CCNC(=NCCc1ccncc1C)N(C)CCOc1ccccc1. The lowest BCUT2D eigenvalue weighted by molar-refractivity contribution is 0.281. The van der Waals surface area contributed by atoms with Crippen LogP contribution in [-0.4, -0.2) is 49.1 Å². The molecule has 0 saturated heterocycles. The first kappa shape index (κ1) is 18.8. The molecule has 2 rings (SSSR count). The summed E-state index contributed by atoms with van der Waals surface area (Å²) in [5, 5.41) is 3.34. The van der Waals surface area contributed by atoms with Crippen LogP contribution in [0.4, 0.5) is 0 Å². The number of nitrogens with zero attached hydrogens (tertiary/aromatic N) is 3. The number of likely N-dealkylation sites (N-methyl/N-ethyl adjacent to an activating group) is 1. The number of aromatic nitrogens is 1. The van der Waals surface area contributed by atoms with Gasteiger partial charge < -0.3 is 15.0 Å². The summed E-state index contributed by atoms with van der Waals surface area (Å²) in [5.41, 5.74) is 2.51. The Morgan fingerprint density at radius 2 is 2.04 bits per heavy atom. The molecule has 0 aliphatic rings. The van der Waals surface area contributed by atoms with Crippen LogP contribution in [0.25, 0.3) is 0 Å². The van der Waals surface area contributed by atoms with E-state index in [1.54, 1.807) is 0 Å². The van der Waals surface area contributed by atoms with Gasteiger partial charge in [0.15, 0.2) is 5.96 Å². The van der Waals surface area contributed by atoms with Gasteiger partial charge in [0.25, 0.3) is 0 Å². The van der Waals surface area contributed by atoms with Gasteiger partial charge in [-0.25, -0.2) is 0 Å². The summed E-state index contributed by atoms with van der Waals surface area (Å²) in [6.07, 6.45) is 4.65. The Balaban J connectivity index is 1.84. The minimum Gasteiger partial charge on any atom is -0.492 e. The molecule has 0 aliphatic carbocycles. The fourth-order valence-electron chi connectivity index (χ4n) is 2.46. The summed E-state index contributed by atoms with van der Waals surface area (Å²) >= 11 is 0. The molecule has 1 aromatic carbocycles. The summed E-state index contributed by atoms with van der Waals surface area (Å²) in [6.45, 7) is 7.15. The number of pyridine rings is 1. The third-order valence-corrected chi connectivity index (χ3v) is 3.91. The van der Waals surface area contributed by atoms with Crippen molar-refractivity contribution in [2.24, 2.45) is 4.99 Å². The number of benzene rings is 1. The Bertz CT molecular complexity index is 658. The van der Waals surface area contributed by atoms with E-state index in [0.717, 1.165) is 37.8 Å². The molecule has 0 aliphatic heterocycles.